The number of aliphatic carboxylic acids is 1. The highest BCUT2D eigenvalue weighted by molar-refractivity contribution is 7.89. The third-order valence-electron chi connectivity index (χ3n) is 2.37. The predicted octanol–water partition coefficient (Wildman–Crippen LogP) is -0.279. The third kappa shape index (κ3) is 4.27. The molecule has 0 bridgehead atoms. The Morgan fingerprint density at radius 2 is 2.30 bits per heavy atom. The van der Waals surface area contributed by atoms with Crippen LogP contribution in [0.25, 0.3) is 0 Å². The lowest BCUT2D eigenvalue weighted by atomic mass is 10.2. The summed E-state index contributed by atoms with van der Waals surface area (Å²) < 4.78 is 30.7. The van der Waals surface area contributed by atoms with Gasteiger partial charge in [-0.05, 0) is 18.6 Å². The van der Waals surface area contributed by atoms with Gasteiger partial charge in [-0.3, -0.25) is 4.79 Å². The van der Waals surface area contributed by atoms with Crippen LogP contribution in [0.1, 0.15) is 12.1 Å². The van der Waals surface area contributed by atoms with Gasteiger partial charge in [0, 0.05) is 19.9 Å². The second-order valence-electron chi connectivity index (χ2n) is 3.78. The first kappa shape index (κ1) is 16.0. The Bertz CT molecular complexity index is 606. The molecule has 1 aromatic heterocycles. The van der Waals surface area contributed by atoms with Gasteiger partial charge < -0.3 is 9.84 Å². The molecule has 0 saturated heterocycles. The van der Waals surface area contributed by atoms with E-state index in [0.717, 1.165) is 6.20 Å². The smallest absolute Gasteiger partial charge is 0.321 e. The Hall–Kier alpha value is -2.02. The molecule has 1 rings (SSSR count). The summed E-state index contributed by atoms with van der Waals surface area (Å²) in [5.74, 6) is -1.30. The van der Waals surface area contributed by atoms with E-state index in [1.54, 1.807) is 6.07 Å². The molecule has 0 spiro atoms. The predicted molar refractivity (Wildman–Crippen MR) is 67.2 cm³/mol. The topological polar surface area (TPSA) is 129 Å². The Balaban J connectivity index is 2.91. The Labute approximate surface area is 116 Å². The zero-order valence-corrected chi connectivity index (χ0v) is 11.4. The van der Waals surface area contributed by atoms with Crippen LogP contribution in [0.2, 0.25) is 0 Å². The van der Waals surface area contributed by atoms with Crippen LogP contribution in [0.5, 0.6) is 0 Å². The van der Waals surface area contributed by atoms with Gasteiger partial charge >= 0.3 is 5.97 Å². The van der Waals surface area contributed by atoms with Gasteiger partial charge in [-0.1, -0.05) is 0 Å². The summed E-state index contributed by atoms with van der Waals surface area (Å²) in [6.45, 7) is 0.102. The summed E-state index contributed by atoms with van der Waals surface area (Å²) in [4.78, 5) is 14.4. The van der Waals surface area contributed by atoms with Gasteiger partial charge in [-0.15, -0.1) is 0 Å². The Morgan fingerprint density at radius 3 is 2.75 bits per heavy atom. The van der Waals surface area contributed by atoms with E-state index in [0.29, 0.717) is 0 Å². The highest BCUT2D eigenvalue weighted by Crippen LogP contribution is 2.09. The van der Waals surface area contributed by atoms with Gasteiger partial charge in [-0.2, -0.15) is 9.98 Å². The number of hydrogen-bond acceptors (Lipinski definition) is 6. The normalized spacial score (nSPS) is 12.6. The van der Waals surface area contributed by atoms with Gasteiger partial charge in [0.1, 0.15) is 22.7 Å². The summed E-state index contributed by atoms with van der Waals surface area (Å²) >= 11 is 0. The zero-order valence-electron chi connectivity index (χ0n) is 10.6. The number of carbonyl (C=O) groups is 1. The number of nitriles is 1. The SMILES string of the molecule is COCCC(NS(=O)(=O)c1ccc(C#N)nc1)C(=O)O. The maximum Gasteiger partial charge on any atom is 0.321 e. The largest absolute Gasteiger partial charge is 0.480 e. The van der Waals surface area contributed by atoms with Gasteiger partial charge in [0.15, 0.2) is 0 Å². The Morgan fingerprint density at radius 1 is 1.60 bits per heavy atom. The number of carboxylic acids is 1. The number of nitrogens with one attached hydrogen (secondary N) is 1. The molecule has 0 aliphatic heterocycles. The molecule has 0 aliphatic rings. The maximum atomic E-state index is 12.0. The van der Waals surface area contributed by atoms with Crippen LogP contribution in [0.15, 0.2) is 23.2 Å². The molecule has 0 fully saturated rings. The number of ether oxygens (including phenoxy) is 1. The van der Waals surface area contributed by atoms with Crippen molar-refractivity contribution in [2.45, 2.75) is 17.4 Å². The molecule has 0 aromatic carbocycles. The van der Waals surface area contributed by atoms with Crippen molar-refractivity contribution < 1.29 is 23.1 Å². The number of sulfonamides is 1. The van der Waals surface area contributed by atoms with Crippen molar-refractivity contribution in [1.29, 1.82) is 5.26 Å². The van der Waals surface area contributed by atoms with Crippen molar-refractivity contribution in [3.05, 3.63) is 24.0 Å². The van der Waals surface area contributed by atoms with Gasteiger partial charge in [-0.25, -0.2) is 13.4 Å². The molecule has 1 aromatic rings. The second-order valence-corrected chi connectivity index (χ2v) is 5.50. The monoisotopic (exact) mass is 299 g/mol. The minimum absolute atomic E-state index is 0.00519. The lowest BCUT2D eigenvalue weighted by Crippen LogP contribution is -2.41. The second kappa shape index (κ2) is 6.95. The first-order valence-electron chi connectivity index (χ1n) is 5.51. The fourth-order valence-electron chi connectivity index (χ4n) is 1.33. The molecule has 1 unspecified atom stereocenters. The van der Waals surface area contributed by atoms with Crippen molar-refractivity contribution in [1.82, 2.24) is 9.71 Å². The molecule has 8 nitrogen and oxygen atoms in total. The summed E-state index contributed by atoms with van der Waals surface area (Å²) in [7, 11) is -2.63. The molecule has 0 amide bonds. The first-order valence-corrected chi connectivity index (χ1v) is 6.99. The van der Waals surface area contributed by atoms with E-state index >= 15 is 0 Å². The van der Waals surface area contributed by atoms with Crippen LogP contribution in [0.4, 0.5) is 0 Å². The number of nitrogens with zero attached hydrogens (tertiary/aromatic N) is 2. The lowest BCUT2D eigenvalue weighted by Gasteiger charge is -2.14. The summed E-state index contributed by atoms with van der Waals surface area (Å²) in [6.07, 6.45) is 0.991. The van der Waals surface area contributed by atoms with Gasteiger partial charge in [0.2, 0.25) is 10.0 Å². The average Bonchev–Trinajstić information content (AvgIpc) is 2.43. The van der Waals surface area contributed by atoms with E-state index in [1.165, 1.54) is 19.2 Å². The Kier molecular flexibility index (Phi) is 5.57. The molecule has 9 heteroatoms. The standard InChI is InChI=1S/C11H13N3O5S/c1-19-5-4-10(11(15)16)14-20(17,18)9-3-2-8(6-12)13-7-9/h2-3,7,10,14H,4-5H2,1H3,(H,15,16). The molecular weight excluding hydrogens is 286 g/mol. The molecule has 0 aliphatic carbocycles. The van der Waals surface area contributed by atoms with Crippen molar-refractivity contribution in [3.8, 4) is 6.07 Å². The minimum Gasteiger partial charge on any atom is -0.480 e. The fourth-order valence-corrected chi connectivity index (χ4v) is 2.50. The van der Waals surface area contributed by atoms with E-state index in [9.17, 15) is 13.2 Å². The van der Waals surface area contributed by atoms with Crippen LogP contribution in [-0.2, 0) is 19.6 Å². The van der Waals surface area contributed by atoms with Crippen LogP contribution >= 0.6 is 0 Å². The van der Waals surface area contributed by atoms with E-state index in [4.69, 9.17) is 15.1 Å². The van der Waals surface area contributed by atoms with E-state index in [-0.39, 0.29) is 23.6 Å². The van der Waals surface area contributed by atoms with Crippen molar-refractivity contribution in [2.75, 3.05) is 13.7 Å². The highest BCUT2D eigenvalue weighted by atomic mass is 32.2. The summed E-state index contributed by atoms with van der Waals surface area (Å²) in [5, 5.41) is 17.5. The highest BCUT2D eigenvalue weighted by Gasteiger charge is 2.25. The van der Waals surface area contributed by atoms with E-state index in [2.05, 4.69) is 9.71 Å². The minimum atomic E-state index is -4.02. The molecular formula is C11H13N3O5S. The van der Waals surface area contributed by atoms with Gasteiger partial charge in [0.25, 0.3) is 0 Å². The third-order valence-corrected chi connectivity index (χ3v) is 3.82. The van der Waals surface area contributed by atoms with E-state index < -0.39 is 22.0 Å². The van der Waals surface area contributed by atoms with Crippen LogP contribution in [0.3, 0.4) is 0 Å². The number of pyridine rings is 1. The van der Waals surface area contributed by atoms with Crippen LogP contribution in [0, 0.1) is 11.3 Å². The first-order chi connectivity index (χ1) is 9.40. The number of rotatable bonds is 7. The van der Waals surface area contributed by atoms with Crippen molar-refractivity contribution >= 4 is 16.0 Å². The van der Waals surface area contributed by atoms with Crippen molar-refractivity contribution in [3.63, 3.8) is 0 Å². The molecule has 0 saturated carbocycles. The molecule has 20 heavy (non-hydrogen) atoms. The number of aromatic nitrogens is 1. The quantitative estimate of drug-likeness (QED) is 0.708. The number of carboxylic acid groups (broad SMARTS) is 1. The molecule has 2 N–H and O–H groups in total. The molecule has 0 radical (unpaired) electrons. The van der Waals surface area contributed by atoms with Crippen LogP contribution in [-0.4, -0.2) is 44.2 Å². The van der Waals surface area contributed by atoms with Crippen molar-refractivity contribution in [2.24, 2.45) is 0 Å². The van der Waals surface area contributed by atoms with Gasteiger partial charge in [0.05, 0.1) is 0 Å². The molecule has 1 heterocycles. The molecule has 1 atom stereocenters. The zero-order chi connectivity index (χ0) is 15.2. The lowest BCUT2D eigenvalue weighted by molar-refractivity contribution is -0.139. The fraction of sp³-hybridized carbons (Fsp3) is 0.364. The van der Waals surface area contributed by atoms with Crippen LogP contribution < -0.4 is 4.72 Å². The van der Waals surface area contributed by atoms with E-state index in [1.807, 2.05) is 0 Å². The summed E-state index contributed by atoms with van der Waals surface area (Å²) in [6, 6.07) is 2.88. The average molecular weight is 299 g/mol. The number of methoxy groups -OCH3 is 1. The number of hydrogen-bond donors (Lipinski definition) is 2. The molecule has 108 valence electrons. The maximum absolute atomic E-state index is 12.0. The summed E-state index contributed by atoms with van der Waals surface area (Å²) in [5.41, 5.74) is 0.0677.